The molecular formula is C17H12BrClO. The van der Waals surface area contributed by atoms with Gasteiger partial charge < -0.3 is 5.11 Å². The van der Waals surface area contributed by atoms with Crippen molar-refractivity contribution in [1.29, 1.82) is 0 Å². The fourth-order valence-electron chi connectivity index (χ4n) is 2.38. The second kappa shape index (κ2) is 5.47. The van der Waals surface area contributed by atoms with Crippen molar-refractivity contribution in [2.75, 3.05) is 0 Å². The SMILES string of the molecule is Oc1c(Cl)cccc1-c1cc2ccccc2cc1CBr. The van der Waals surface area contributed by atoms with Crippen LogP contribution in [-0.2, 0) is 5.33 Å². The second-order valence-corrected chi connectivity index (χ2v) is 5.59. The number of para-hydroxylation sites is 1. The Morgan fingerprint density at radius 1 is 0.900 bits per heavy atom. The van der Waals surface area contributed by atoms with Gasteiger partial charge in [-0.1, -0.05) is 63.9 Å². The minimum absolute atomic E-state index is 0.131. The number of phenolic OH excluding ortho intramolecular Hbond substituents is 1. The summed E-state index contributed by atoms with van der Waals surface area (Å²) in [6.45, 7) is 0. The molecule has 100 valence electrons. The summed E-state index contributed by atoms with van der Waals surface area (Å²) in [7, 11) is 0. The van der Waals surface area contributed by atoms with E-state index in [0.29, 0.717) is 5.02 Å². The molecular weight excluding hydrogens is 336 g/mol. The number of halogens is 2. The van der Waals surface area contributed by atoms with Crippen LogP contribution in [0.4, 0.5) is 0 Å². The fourth-order valence-corrected chi connectivity index (χ4v) is 3.02. The van der Waals surface area contributed by atoms with Crippen LogP contribution in [0.5, 0.6) is 5.75 Å². The van der Waals surface area contributed by atoms with E-state index in [1.165, 1.54) is 5.39 Å². The molecule has 0 amide bonds. The Morgan fingerprint density at radius 2 is 1.60 bits per heavy atom. The standard InChI is InChI=1S/C17H12BrClO/c18-10-13-8-11-4-1-2-5-12(11)9-15(13)14-6-3-7-16(19)17(14)20/h1-9,20H,10H2. The van der Waals surface area contributed by atoms with E-state index < -0.39 is 0 Å². The summed E-state index contributed by atoms with van der Waals surface area (Å²) in [4.78, 5) is 0. The van der Waals surface area contributed by atoms with Crippen LogP contribution in [0.2, 0.25) is 5.02 Å². The van der Waals surface area contributed by atoms with Crippen LogP contribution >= 0.6 is 27.5 Å². The first-order valence-corrected chi connectivity index (χ1v) is 7.76. The minimum Gasteiger partial charge on any atom is -0.506 e. The highest BCUT2D eigenvalue weighted by molar-refractivity contribution is 9.08. The Morgan fingerprint density at radius 3 is 2.30 bits per heavy atom. The van der Waals surface area contributed by atoms with Crippen LogP contribution in [0.15, 0.2) is 54.6 Å². The van der Waals surface area contributed by atoms with Gasteiger partial charge in [-0.05, 0) is 40.1 Å². The molecule has 0 unspecified atom stereocenters. The predicted octanol–water partition coefficient (Wildman–Crippen LogP) is 5.76. The normalized spacial score (nSPS) is 10.9. The van der Waals surface area contributed by atoms with E-state index in [4.69, 9.17) is 11.6 Å². The number of hydrogen-bond acceptors (Lipinski definition) is 1. The smallest absolute Gasteiger partial charge is 0.141 e. The van der Waals surface area contributed by atoms with E-state index in [-0.39, 0.29) is 5.75 Å². The van der Waals surface area contributed by atoms with Crippen molar-refractivity contribution in [2.45, 2.75) is 5.33 Å². The number of aromatic hydroxyl groups is 1. The topological polar surface area (TPSA) is 20.2 Å². The van der Waals surface area contributed by atoms with E-state index >= 15 is 0 Å². The molecule has 1 N–H and O–H groups in total. The van der Waals surface area contributed by atoms with Gasteiger partial charge in [0.15, 0.2) is 0 Å². The zero-order valence-corrected chi connectivity index (χ0v) is 12.9. The Labute approximate surface area is 131 Å². The Hall–Kier alpha value is -1.51. The summed E-state index contributed by atoms with van der Waals surface area (Å²) >= 11 is 9.54. The molecule has 0 aliphatic carbocycles. The lowest BCUT2D eigenvalue weighted by Gasteiger charge is -2.12. The van der Waals surface area contributed by atoms with Gasteiger partial charge >= 0.3 is 0 Å². The van der Waals surface area contributed by atoms with Crippen LogP contribution in [-0.4, -0.2) is 5.11 Å². The molecule has 0 aliphatic rings. The molecule has 0 heterocycles. The first kappa shape index (κ1) is 13.5. The van der Waals surface area contributed by atoms with E-state index in [1.54, 1.807) is 6.07 Å². The number of hydrogen-bond donors (Lipinski definition) is 1. The number of phenols is 1. The van der Waals surface area contributed by atoms with Gasteiger partial charge in [-0.2, -0.15) is 0 Å². The number of benzene rings is 3. The van der Waals surface area contributed by atoms with Gasteiger partial charge in [0.05, 0.1) is 5.02 Å². The summed E-state index contributed by atoms with van der Waals surface area (Å²) < 4.78 is 0. The largest absolute Gasteiger partial charge is 0.506 e. The molecule has 0 bridgehead atoms. The third-order valence-electron chi connectivity index (χ3n) is 3.39. The third-order valence-corrected chi connectivity index (χ3v) is 4.30. The molecule has 0 aliphatic heterocycles. The maximum absolute atomic E-state index is 10.2. The Kier molecular flexibility index (Phi) is 3.68. The maximum atomic E-state index is 10.2. The van der Waals surface area contributed by atoms with Crippen molar-refractivity contribution in [2.24, 2.45) is 0 Å². The van der Waals surface area contributed by atoms with Gasteiger partial charge in [0.2, 0.25) is 0 Å². The van der Waals surface area contributed by atoms with E-state index in [0.717, 1.165) is 27.4 Å². The van der Waals surface area contributed by atoms with Gasteiger partial charge in [-0.15, -0.1) is 0 Å². The lowest BCUT2D eigenvalue weighted by Crippen LogP contribution is -1.88. The van der Waals surface area contributed by atoms with Crippen molar-refractivity contribution in [1.82, 2.24) is 0 Å². The number of rotatable bonds is 2. The zero-order valence-electron chi connectivity index (χ0n) is 10.6. The summed E-state index contributed by atoms with van der Waals surface area (Å²) in [5.74, 6) is 0.131. The first-order valence-electron chi connectivity index (χ1n) is 6.26. The van der Waals surface area contributed by atoms with Crippen LogP contribution in [0.3, 0.4) is 0 Å². The Bertz CT molecular complexity index is 783. The summed E-state index contributed by atoms with van der Waals surface area (Å²) in [5.41, 5.74) is 2.89. The molecule has 0 atom stereocenters. The quantitative estimate of drug-likeness (QED) is 0.584. The van der Waals surface area contributed by atoms with Crippen molar-refractivity contribution >= 4 is 38.3 Å². The highest BCUT2D eigenvalue weighted by Gasteiger charge is 2.12. The van der Waals surface area contributed by atoms with Crippen LogP contribution in [0.1, 0.15) is 5.56 Å². The van der Waals surface area contributed by atoms with E-state index in [1.807, 2.05) is 24.3 Å². The molecule has 3 heteroatoms. The molecule has 1 nitrogen and oxygen atoms in total. The van der Waals surface area contributed by atoms with Crippen molar-refractivity contribution in [3.8, 4) is 16.9 Å². The predicted molar refractivity (Wildman–Crippen MR) is 88.7 cm³/mol. The molecule has 0 fully saturated rings. The zero-order chi connectivity index (χ0) is 14.1. The third kappa shape index (κ3) is 2.30. The van der Waals surface area contributed by atoms with E-state index in [9.17, 15) is 5.11 Å². The summed E-state index contributed by atoms with van der Waals surface area (Å²) in [6, 6.07) is 17.9. The van der Waals surface area contributed by atoms with Gasteiger partial charge in [0, 0.05) is 10.9 Å². The molecule has 0 saturated heterocycles. The molecule has 0 aromatic heterocycles. The summed E-state index contributed by atoms with van der Waals surface area (Å²) in [5, 5.41) is 13.6. The molecule has 3 rings (SSSR count). The van der Waals surface area contributed by atoms with Gasteiger partial charge in [-0.3, -0.25) is 0 Å². The first-order chi connectivity index (χ1) is 9.70. The van der Waals surface area contributed by atoms with Crippen molar-refractivity contribution < 1.29 is 5.11 Å². The average molecular weight is 348 g/mol. The second-order valence-electron chi connectivity index (χ2n) is 4.63. The number of alkyl halides is 1. The number of fused-ring (bicyclic) bond motifs is 1. The van der Waals surface area contributed by atoms with Gasteiger partial charge in [0.1, 0.15) is 5.75 Å². The minimum atomic E-state index is 0.131. The van der Waals surface area contributed by atoms with Crippen molar-refractivity contribution in [3.05, 3.63) is 65.2 Å². The average Bonchev–Trinajstić information content (AvgIpc) is 2.48. The molecule has 0 radical (unpaired) electrons. The highest BCUT2D eigenvalue weighted by atomic mass is 79.9. The van der Waals surface area contributed by atoms with Crippen molar-refractivity contribution in [3.63, 3.8) is 0 Å². The maximum Gasteiger partial charge on any atom is 0.141 e. The monoisotopic (exact) mass is 346 g/mol. The fraction of sp³-hybridized carbons (Fsp3) is 0.0588. The van der Waals surface area contributed by atoms with Gasteiger partial charge in [-0.25, -0.2) is 0 Å². The molecule has 0 saturated carbocycles. The summed E-state index contributed by atoms with van der Waals surface area (Å²) in [6.07, 6.45) is 0. The lowest BCUT2D eigenvalue weighted by atomic mass is 9.96. The molecule has 3 aromatic carbocycles. The van der Waals surface area contributed by atoms with Crippen LogP contribution in [0.25, 0.3) is 21.9 Å². The highest BCUT2D eigenvalue weighted by Crippen LogP contribution is 2.38. The molecule has 20 heavy (non-hydrogen) atoms. The van der Waals surface area contributed by atoms with Crippen LogP contribution < -0.4 is 0 Å². The van der Waals surface area contributed by atoms with Gasteiger partial charge in [0.25, 0.3) is 0 Å². The molecule has 0 spiro atoms. The lowest BCUT2D eigenvalue weighted by molar-refractivity contribution is 0.477. The molecule has 3 aromatic rings. The Balaban J connectivity index is 2.31. The van der Waals surface area contributed by atoms with Crippen LogP contribution in [0, 0.1) is 0 Å². The van der Waals surface area contributed by atoms with E-state index in [2.05, 4.69) is 40.2 Å².